The minimum atomic E-state index is -1.16. The highest BCUT2D eigenvalue weighted by molar-refractivity contribution is 6.30. The van der Waals surface area contributed by atoms with Crippen LogP contribution in [0.3, 0.4) is 0 Å². The highest BCUT2D eigenvalue weighted by Gasteiger charge is 2.23. The molecule has 0 saturated heterocycles. The van der Waals surface area contributed by atoms with Gasteiger partial charge in [-0.25, -0.2) is 9.78 Å². The summed E-state index contributed by atoms with van der Waals surface area (Å²) in [7, 11) is 0. The van der Waals surface area contributed by atoms with Crippen molar-refractivity contribution in [1.82, 2.24) is 15.2 Å². The van der Waals surface area contributed by atoms with Gasteiger partial charge in [-0.05, 0) is 61.4 Å². The molecule has 7 heteroatoms. The van der Waals surface area contributed by atoms with Crippen LogP contribution in [0.25, 0.3) is 10.9 Å². The number of fused-ring (bicyclic) bond motifs is 3. The van der Waals surface area contributed by atoms with Crippen LogP contribution in [0.1, 0.15) is 53.5 Å². The number of aromatic nitrogens is 1. The van der Waals surface area contributed by atoms with Gasteiger partial charge in [-0.2, -0.15) is 0 Å². The van der Waals surface area contributed by atoms with Crippen molar-refractivity contribution in [3.05, 3.63) is 69.4 Å². The zero-order chi connectivity index (χ0) is 24.0. The number of benzene rings is 2. The van der Waals surface area contributed by atoms with E-state index in [4.69, 9.17) is 11.6 Å². The highest BCUT2D eigenvalue weighted by Crippen LogP contribution is 2.34. The highest BCUT2D eigenvalue weighted by atomic mass is 35.5. The van der Waals surface area contributed by atoms with E-state index in [9.17, 15) is 15.0 Å². The van der Waals surface area contributed by atoms with Crippen molar-refractivity contribution < 1.29 is 15.0 Å². The molecule has 176 valence electrons. The second kappa shape index (κ2) is 11.5. The first-order valence-electron chi connectivity index (χ1n) is 11.5. The molecular formula is C26H32ClN3O3. The second-order valence-electron chi connectivity index (χ2n) is 8.04. The molecular weight excluding hydrogens is 438 g/mol. The minimum Gasteiger partial charge on any atom is -0.505 e. The molecule has 0 fully saturated rings. The van der Waals surface area contributed by atoms with Crippen molar-refractivity contribution >= 4 is 28.5 Å². The number of pyridine rings is 1. The van der Waals surface area contributed by atoms with Gasteiger partial charge in [-0.15, -0.1) is 0 Å². The molecule has 3 aromatic rings. The Morgan fingerprint density at radius 1 is 1.09 bits per heavy atom. The molecule has 0 aliphatic carbocycles. The summed E-state index contributed by atoms with van der Waals surface area (Å²) in [6.45, 7) is 11.7. The summed E-state index contributed by atoms with van der Waals surface area (Å²) < 4.78 is 0. The van der Waals surface area contributed by atoms with Crippen molar-refractivity contribution in [2.75, 3.05) is 26.2 Å². The van der Waals surface area contributed by atoms with Gasteiger partial charge in [0.05, 0.1) is 11.2 Å². The summed E-state index contributed by atoms with van der Waals surface area (Å²) >= 11 is 5.92. The summed E-state index contributed by atoms with van der Waals surface area (Å²) in [5, 5.41) is 24.7. The van der Waals surface area contributed by atoms with Crippen molar-refractivity contribution in [2.45, 2.75) is 40.2 Å². The second-order valence-corrected chi connectivity index (χ2v) is 8.47. The summed E-state index contributed by atoms with van der Waals surface area (Å²) in [6.07, 6.45) is 1.21. The fourth-order valence-corrected chi connectivity index (χ4v) is 4.27. The summed E-state index contributed by atoms with van der Waals surface area (Å²) in [4.78, 5) is 18.9. The van der Waals surface area contributed by atoms with Gasteiger partial charge in [0.2, 0.25) is 0 Å². The lowest BCUT2D eigenvalue weighted by atomic mass is 9.94. The van der Waals surface area contributed by atoms with Crippen LogP contribution in [0.15, 0.2) is 36.4 Å². The zero-order valence-corrected chi connectivity index (χ0v) is 20.2. The Labute approximate surface area is 200 Å². The monoisotopic (exact) mass is 469 g/mol. The van der Waals surface area contributed by atoms with Crippen LogP contribution < -0.4 is 5.32 Å². The molecule has 0 saturated carbocycles. The number of nitrogens with zero attached hydrogens (tertiary/aromatic N) is 2. The van der Waals surface area contributed by atoms with Crippen LogP contribution in [0.4, 0.5) is 0 Å². The normalized spacial score (nSPS) is 12.9. The van der Waals surface area contributed by atoms with E-state index in [1.54, 1.807) is 18.2 Å². The first-order valence-corrected chi connectivity index (χ1v) is 11.8. The Morgan fingerprint density at radius 3 is 2.33 bits per heavy atom. The average Bonchev–Trinajstić information content (AvgIpc) is 2.82. The largest absolute Gasteiger partial charge is 0.505 e. The smallest absolute Gasteiger partial charge is 0.340 e. The number of hydrogen-bond donors (Lipinski definition) is 3. The van der Waals surface area contributed by atoms with Gasteiger partial charge < -0.3 is 20.4 Å². The Morgan fingerprint density at radius 2 is 1.76 bits per heavy atom. The number of rotatable bonds is 6. The van der Waals surface area contributed by atoms with Gasteiger partial charge in [0.15, 0.2) is 5.75 Å². The van der Waals surface area contributed by atoms with E-state index in [1.807, 2.05) is 18.2 Å². The van der Waals surface area contributed by atoms with Gasteiger partial charge >= 0.3 is 5.97 Å². The number of carboxylic acids is 1. The lowest BCUT2D eigenvalue weighted by molar-refractivity contribution is 0.0695. The Balaban J connectivity index is 0.000000383. The Hall–Kier alpha value is -2.67. The van der Waals surface area contributed by atoms with Crippen LogP contribution >= 0.6 is 11.6 Å². The molecule has 33 heavy (non-hydrogen) atoms. The molecule has 2 aromatic carbocycles. The third-order valence-corrected chi connectivity index (χ3v) is 6.37. The van der Waals surface area contributed by atoms with Crippen molar-refractivity contribution in [1.29, 1.82) is 0 Å². The first kappa shape index (κ1) is 25.0. The van der Waals surface area contributed by atoms with Gasteiger partial charge in [0.25, 0.3) is 0 Å². The standard InChI is InChI=1S/C20H17ClN2O3.C6H15N/c21-13-4-1-11(2-5-13)9-16-19(24)17(20(25)26)14-6-3-12-7-8-22-10-15(12)18(14)23-16;1-4-7(5-2)6-3/h1-6,22,24H,7-10H2,(H,25,26);4-6H2,1-3H3. The number of aromatic hydroxyl groups is 1. The van der Waals surface area contributed by atoms with Crippen molar-refractivity contribution in [3.8, 4) is 5.75 Å². The maximum absolute atomic E-state index is 11.8. The van der Waals surface area contributed by atoms with E-state index < -0.39 is 5.97 Å². The Bertz CT molecular complexity index is 1110. The number of nitrogens with one attached hydrogen (secondary N) is 1. The van der Waals surface area contributed by atoms with Crippen LogP contribution in [-0.4, -0.2) is 52.2 Å². The number of carbonyl (C=O) groups is 1. The number of aromatic carboxylic acids is 1. The van der Waals surface area contributed by atoms with Crippen LogP contribution in [-0.2, 0) is 19.4 Å². The predicted molar refractivity (Wildman–Crippen MR) is 133 cm³/mol. The van der Waals surface area contributed by atoms with E-state index >= 15 is 0 Å². The topological polar surface area (TPSA) is 85.7 Å². The maximum Gasteiger partial charge on any atom is 0.340 e. The van der Waals surface area contributed by atoms with E-state index in [0.29, 0.717) is 34.6 Å². The zero-order valence-electron chi connectivity index (χ0n) is 19.5. The average molecular weight is 470 g/mol. The minimum absolute atomic E-state index is 0.0904. The Kier molecular flexibility index (Phi) is 8.67. The van der Waals surface area contributed by atoms with E-state index in [-0.39, 0.29) is 11.3 Å². The molecule has 3 N–H and O–H groups in total. The molecule has 0 radical (unpaired) electrons. The van der Waals surface area contributed by atoms with E-state index in [1.165, 1.54) is 25.2 Å². The van der Waals surface area contributed by atoms with E-state index in [0.717, 1.165) is 24.1 Å². The van der Waals surface area contributed by atoms with Gasteiger partial charge in [0, 0.05) is 23.4 Å². The van der Waals surface area contributed by atoms with E-state index in [2.05, 4.69) is 36.0 Å². The summed E-state index contributed by atoms with van der Waals surface area (Å²) in [5.41, 5.74) is 3.99. The summed E-state index contributed by atoms with van der Waals surface area (Å²) in [6, 6.07) is 10.9. The quantitative estimate of drug-likeness (QED) is 0.477. The van der Waals surface area contributed by atoms with Crippen LogP contribution in [0.5, 0.6) is 5.75 Å². The maximum atomic E-state index is 11.8. The molecule has 0 bridgehead atoms. The molecule has 2 heterocycles. The third-order valence-electron chi connectivity index (χ3n) is 6.12. The first-order chi connectivity index (χ1) is 15.9. The molecule has 1 aliphatic rings. The number of halogens is 1. The van der Waals surface area contributed by atoms with Gasteiger partial charge in [0.1, 0.15) is 5.56 Å². The molecule has 6 nitrogen and oxygen atoms in total. The molecule has 4 rings (SSSR count). The molecule has 1 aromatic heterocycles. The van der Waals surface area contributed by atoms with Gasteiger partial charge in [-0.1, -0.05) is 56.6 Å². The molecule has 0 amide bonds. The predicted octanol–water partition coefficient (Wildman–Crippen LogP) is 4.88. The van der Waals surface area contributed by atoms with Crippen molar-refractivity contribution in [2.24, 2.45) is 0 Å². The lowest BCUT2D eigenvalue weighted by Crippen LogP contribution is -2.24. The van der Waals surface area contributed by atoms with Crippen molar-refractivity contribution in [3.63, 3.8) is 0 Å². The van der Waals surface area contributed by atoms with Crippen LogP contribution in [0.2, 0.25) is 5.02 Å². The molecule has 1 aliphatic heterocycles. The molecule has 0 spiro atoms. The fourth-order valence-electron chi connectivity index (χ4n) is 4.14. The molecule has 0 unspecified atom stereocenters. The number of carboxylic acid groups (broad SMARTS) is 1. The SMILES string of the molecule is CCN(CC)CC.O=C(O)c1c(O)c(Cc2ccc(Cl)cc2)nc2c3c(ccc12)CCNC3. The lowest BCUT2D eigenvalue weighted by Gasteiger charge is -2.20. The van der Waals surface area contributed by atoms with Gasteiger partial charge in [-0.3, -0.25) is 0 Å². The summed E-state index contributed by atoms with van der Waals surface area (Å²) in [5.74, 6) is -1.43. The van der Waals surface area contributed by atoms with Crippen LogP contribution in [0, 0.1) is 0 Å². The third kappa shape index (κ3) is 5.82. The fraction of sp³-hybridized carbons (Fsp3) is 0.385. The molecule has 0 atom stereocenters. The number of hydrogen-bond acceptors (Lipinski definition) is 5.